The molecule has 0 spiro atoms. The first-order valence-electron chi connectivity index (χ1n) is 7.74. The van der Waals surface area contributed by atoms with Gasteiger partial charge in [-0.1, -0.05) is 13.0 Å². The number of thiophene rings is 1. The summed E-state index contributed by atoms with van der Waals surface area (Å²) in [5.74, 6) is 1.73. The van der Waals surface area contributed by atoms with Crippen LogP contribution in [0, 0.1) is 5.92 Å². The zero-order chi connectivity index (χ0) is 15.4. The second kappa shape index (κ2) is 6.92. The Hall–Kier alpha value is -1.88. The minimum absolute atomic E-state index is 0.00333. The maximum absolute atomic E-state index is 12.0. The van der Waals surface area contributed by atoms with Crippen molar-refractivity contribution in [2.45, 2.75) is 26.2 Å². The predicted molar refractivity (Wildman–Crippen MR) is 91.5 cm³/mol. The normalized spacial score (nSPS) is 18.2. The molecule has 1 aliphatic heterocycles. The zero-order valence-electron chi connectivity index (χ0n) is 12.8. The molecule has 1 saturated heterocycles. The molecular weight excluding hydrogens is 294 g/mol. The first-order valence-corrected chi connectivity index (χ1v) is 8.62. The lowest BCUT2D eigenvalue weighted by atomic mass is 10.0. The topological polar surface area (TPSA) is 45.2 Å². The van der Waals surface area contributed by atoms with Crippen molar-refractivity contribution >= 4 is 28.7 Å². The number of carbonyl (C=O) groups excluding carboxylic acids is 1. The third kappa shape index (κ3) is 3.85. The molecule has 0 aromatic carbocycles. The fourth-order valence-electron chi connectivity index (χ4n) is 2.82. The highest BCUT2D eigenvalue weighted by molar-refractivity contribution is 7.10. The Labute approximate surface area is 135 Å². The van der Waals surface area contributed by atoms with Gasteiger partial charge in [-0.15, -0.1) is 11.3 Å². The van der Waals surface area contributed by atoms with Gasteiger partial charge in [-0.2, -0.15) is 0 Å². The van der Waals surface area contributed by atoms with Crippen LogP contribution < -0.4 is 10.2 Å². The quantitative estimate of drug-likeness (QED) is 0.938. The third-order valence-corrected chi connectivity index (χ3v) is 4.80. The van der Waals surface area contributed by atoms with Crippen molar-refractivity contribution in [1.82, 2.24) is 4.98 Å². The van der Waals surface area contributed by atoms with E-state index in [4.69, 9.17) is 0 Å². The number of carbonyl (C=O) groups is 1. The lowest BCUT2D eigenvalue weighted by Gasteiger charge is -2.31. The Kier molecular flexibility index (Phi) is 4.73. The van der Waals surface area contributed by atoms with Crippen molar-refractivity contribution in [2.75, 3.05) is 23.3 Å². The molecule has 3 rings (SSSR count). The van der Waals surface area contributed by atoms with Crippen molar-refractivity contribution in [3.05, 3.63) is 40.7 Å². The van der Waals surface area contributed by atoms with Gasteiger partial charge < -0.3 is 10.2 Å². The second-order valence-corrected chi connectivity index (χ2v) is 6.94. The highest BCUT2D eigenvalue weighted by atomic mass is 32.1. The average molecular weight is 315 g/mol. The van der Waals surface area contributed by atoms with Gasteiger partial charge in [0.2, 0.25) is 5.91 Å². The SMILES string of the molecule is CC1CCCN(c2ccc(NC(=O)Cc3cccs3)cn2)C1. The van der Waals surface area contributed by atoms with E-state index in [0.717, 1.165) is 35.4 Å². The number of aromatic nitrogens is 1. The molecule has 4 nitrogen and oxygen atoms in total. The van der Waals surface area contributed by atoms with E-state index in [1.165, 1.54) is 12.8 Å². The van der Waals surface area contributed by atoms with E-state index in [9.17, 15) is 4.79 Å². The molecule has 2 aromatic heterocycles. The van der Waals surface area contributed by atoms with E-state index >= 15 is 0 Å². The Balaban J connectivity index is 1.58. The molecule has 116 valence electrons. The molecule has 22 heavy (non-hydrogen) atoms. The summed E-state index contributed by atoms with van der Waals surface area (Å²) in [6.07, 6.45) is 4.69. The van der Waals surface area contributed by atoms with Gasteiger partial charge in [-0.25, -0.2) is 4.98 Å². The molecule has 5 heteroatoms. The van der Waals surface area contributed by atoms with Crippen molar-refractivity contribution in [3.63, 3.8) is 0 Å². The molecule has 1 aliphatic rings. The van der Waals surface area contributed by atoms with Gasteiger partial charge in [0.15, 0.2) is 0 Å². The van der Waals surface area contributed by atoms with Crippen LogP contribution in [0.4, 0.5) is 11.5 Å². The molecule has 3 heterocycles. The van der Waals surface area contributed by atoms with Gasteiger partial charge in [-0.05, 0) is 42.3 Å². The summed E-state index contributed by atoms with van der Waals surface area (Å²) in [4.78, 5) is 19.9. The van der Waals surface area contributed by atoms with E-state index in [0.29, 0.717) is 6.42 Å². The summed E-state index contributed by atoms with van der Waals surface area (Å²) in [6.45, 7) is 4.42. The van der Waals surface area contributed by atoms with Crippen molar-refractivity contribution in [2.24, 2.45) is 5.92 Å². The number of piperidine rings is 1. The largest absolute Gasteiger partial charge is 0.356 e. The molecule has 1 fully saturated rings. The average Bonchev–Trinajstić information content (AvgIpc) is 3.01. The monoisotopic (exact) mass is 315 g/mol. The van der Waals surface area contributed by atoms with E-state index in [2.05, 4.69) is 22.1 Å². The molecule has 1 atom stereocenters. The molecule has 1 unspecified atom stereocenters. The molecular formula is C17H21N3OS. The maximum Gasteiger partial charge on any atom is 0.229 e. The minimum Gasteiger partial charge on any atom is -0.356 e. The number of hydrogen-bond acceptors (Lipinski definition) is 4. The Morgan fingerprint density at radius 1 is 1.45 bits per heavy atom. The van der Waals surface area contributed by atoms with Gasteiger partial charge in [0.1, 0.15) is 5.82 Å². The first-order chi connectivity index (χ1) is 10.7. The lowest BCUT2D eigenvalue weighted by Crippen LogP contribution is -2.34. The summed E-state index contributed by atoms with van der Waals surface area (Å²) in [6, 6.07) is 7.87. The first kappa shape index (κ1) is 15.0. The van der Waals surface area contributed by atoms with Gasteiger partial charge in [0, 0.05) is 18.0 Å². The van der Waals surface area contributed by atoms with E-state index in [-0.39, 0.29) is 5.91 Å². The van der Waals surface area contributed by atoms with Crippen LogP contribution >= 0.6 is 11.3 Å². The van der Waals surface area contributed by atoms with Crippen LogP contribution in [0.15, 0.2) is 35.8 Å². The summed E-state index contributed by atoms with van der Waals surface area (Å²) >= 11 is 1.60. The standard InChI is InChI=1S/C17H21N3OS/c1-13-4-2-8-20(12-13)16-7-6-14(11-18-16)19-17(21)10-15-5-3-9-22-15/h3,5-7,9,11,13H,2,4,8,10,12H2,1H3,(H,19,21). The summed E-state index contributed by atoms with van der Waals surface area (Å²) in [5, 5.41) is 4.89. The molecule has 0 radical (unpaired) electrons. The molecule has 0 bridgehead atoms. The van der Waals surface area contributed by atoms with E-state index in [1.807, 2.05) is 29.6 Å². The van der Waals surface area contributed by atoms with Gasteiger partial charge in [0.05, 0.1) is 18.3 Å². The Morgan fingerprint density at radius 3 is 3.05 bits per heavy atom. The van der Waals surface area contributed by atoms with Crippen LogP contribution in [0.5, 0.6) is 0 Å². The van der Waals surface area contributed by atoms with E-state index < -0.39 is 0 Å². The number of nitrogens with one attached hydrogen (secondary N) is 1. The number of hydrogen-bond donors (Lipinski definition) is 1. The second-order valence-electron chi connectivity index (χ2n) is 5.90. The van der Waals surface area contributed by atoms with Crippen LogP contribution in [-0.4, -0.2) is 24.0 Å². The lowest BCUT2D eigenvalue weighted by molar-refractivity contribution is -0.115. The highest BCUT2D eigenvalue weighted by Crippen LogP contribution is 2.22. The fraction of sp³-hybridized carbons (Fsp3) is 0.412. The van der Waals surface area contributed by atoms with Crippen LogP contribution in [-0.2, 0) is 11.2 Å². The third-order valence-electron chi connectivity index (χ3n) is 3.93. The molecule has 1 amide bonds. The summed E-state index contributed by atoms with van der Waals surface area (Å²) in [5.41, 5.74) is 0.760. The van der Waals surface area contributed by atoms with Crippen LogP contribution in [0.3, 0.4) is 0 Å². The Bertz CT molecular complexity index is 609. The van der Waals surface area contributed by atoms with E-state index in [1.54, 1.807) is 17.5 Å². The van der Waals surface area contributed by atoms with Crippen molar-refractivity contribution < 1.29 is 4.79 Å². The smallest absolute Gasteiger partial charge is 0.229 e. The molecule has 0 aliphatic carbocycles. The van der Waals surface area contributed by atoms with Crippen LogP contribution in [0.1, 0.15) is 24.6 Å². The number of nitrogens with zero attached hydrogens (tertiary/aromatic N) is 2. The molecule has 1 N–H and O–H groups in total. The van der Waals surface area contributed by atoms with Crippen LogP contribution in [0.25, 0.3) is 0 Å². The highest BCUT2D eigenvalue weighted by Gasteiger charge is 2.17. The fourth-order valence-corrected chi connectivity index (χ4v) is 3.52. The van der Waals surface area contributed by atoms with Crippen molar-refractivity contribution in [1.29, 1.82) is 0 Å². The predicted octanol–water partition coefficient (Wildman–Crippen LogP) is 3.56. The summed E-state index contributed by atoms with van der Waals surface area (Å²) in [7, 11) is 0. The maximum atomic E-state index is 12.0. The number of anilines is 2. The minimum atomic E-state index is 0.00333. The van der Waals surface area contributed by atoms with Gasteiger partial charge in [0.25, 0.3) is 0 Å². The molecule has 0 saturated carbocycles. The Morgan fingerprint density at radius 2 is 2.36 bits per heavy atom. The zero-order valence-corrected chi connectivity index (χ0v) is 13.6. The number of rotatable bonds is 4. The summed E-state index contributed by atoms with van der Waals surface area (Å²) < 4.78 is 0. The van der Waals surface area contributed by atoms with Crippen molar-refractivity contribution in [3.8, 4) is 0 Å². The van der Waals surface area contributed by atoms with Crippen LogP contribution in [0.2, 0.25) is 0 Å². The van der Waals surface area contributed by atoms with Gasteiger partial charge >= 0.3 is 0 Å². The van der Waals surface area contributed by atoms with Gasteiger partial charge in [-0.3, -0.25) is 4.79 Å². The molecule has 2 aromatic rings. The number of amides is 1. The number of pyridine rings is 1.